The van der Waals surface area contributed by atoms with Gasteiger partial charge in [0.2, 0.25) is 5.91 Å². The maximum absolute atomic E-state index is 12.1. The van der Waals surface area contributed by atoms with Crippen LogP contribution in [0.1, 0.15) is 32.1 Å². The minimum atomic E-state index is -0.280. The maximum atomic E-state index is 12.1. The summed E-state index contributed by atoms with van der Waals surface area (Å²) in [5, 5.41) is 6.25. The second-order valence-corrected chi connectivity index (χ2v) is 4.95. The lowest BCUT2D eigenvalue weighted by Crippen LogP contribution is -2.54. The van der Waals surface area contributed by atoms with Gasteiger partial charge in [0.1, 0.15) is 0 Å². The van der Waals surface area contributed by atoms with Crippen LogP contribution < -0.4 is 10.6 Å². The minimum Gasteiger partial charge on any atom is -0.354 e. The topological polar surface area (TPSA) is 44.4 Å². The van der Waals surface area contributed by atoms with Gasteiger partial charge in [0, 0.05) is 6.54 Å². The van der Waals surface area contributed by atoms with Gasteiger partial charge in [-0.3, -0.25) is 4.79 Å². The van der Waals surface area contributed by atoms with Gasteiger partial charge in [-0.15, -0.1) is 0 Å². The molecule has 1 saturated carbocycles. The molecule has 1 aliphatic rings. The van der Waals surface area contributed by atoms with Gasteiger partial charge in [0.05, 0.1) is 5.54 Å². The third kappa shape index (κ3) is 3.46. The van der Waals surface area contributed by atoms with Crippen molar-refractivity contribution in [2.75, 3.05) is 34.2 Å². The molecule has 1 amide bonds. The molecule has 0 aromatic heterocycles. The molecule has 4 heteroatoms. The molecule has 0 aliphatic heterocycles. The van der Waals surface area contributed by atoms with E-state index in [-0.39, 0.29) is 11.4 Å². The Labute approximate surface area is 98.8 Å². The van der Waals surface area contributed by atoms with Crippen molar-refractivity contribution >= 4 is 5.91 Å². The molecule has 2 N–H and O–H groups in total. The molecule has 0 spiro atoms. The first-order valence-electron chi connectivity index (χ1n) is 6.23. The van der Waals surface area contributed by atoms with Gasteiger partial charge in [-0.2, -0.15) is 0 Å². The Balaban J connectivity index is 2.28. The highest BCUT2D eigenvalue weighted by Crippen LogP contribution is 2.29. The summed E-state index contributed by atoms with van der Waals surface area (Å²) in [7, 11) is 5.99. The summed E-state index contributed by atoms with van der Waals surface area (Å²) in [6.45, 7) is 1.80. The standard InChI is InChI=1S/C12H25N3O/c1-13-12(7-4-5-8-12)11(16)14-9-6-10-15(2)3/h13H,4-10H2,1-3H3,(H,14,16). The van der Waals surface area contributed by atoms with Crippen LogP contribution in [-0.4, -0.2) is 50.6 Å². The third-order valence-electron chi connectivity index (χ3n) is 3.44. The van der Waals surface area contributed by atoms with Gasteiger partial charge < -0.3 is 15.5 Å². The number of carbonyl (C=O) groups is 1. The SMILES string of the molecule is CNC1(C(=O)NCCCN(C)C)CCCC1. The zero-order chi connectivity index (χ0) is 12.0. The summed E-state index contributed by atoms with van der Waals surface area (Å²) in [5.41, 5.74) is -0.280. The molecule has 0 radical (unpaired) electrons. The molecule has 0 heterocycles. The van der Waals surface area contributed by atoms with E-state index in [1.54, 1.807) is 0 Å². The number of nitrogens with one attached hydrogen (secondary N) is 2. The van der Waals surface area contributed by atoms with Crippen molar-refractivity contribution < 1.29 is 4.79 Å². The number of nitrogens with zero attached hydrogens (tertiary/aromatic N) is 1. The van der Waals surface area contributed by atoms with Crippen LogP contribution in [0.4, 0.5) is 0 Å². The second-order valence-electron chi connectivity index (χ2n) is 4.95. The van der Waals surface area contributed by atoms with Gasteiger partial charge >= 0.3 is 0 Å². The van der Waals surface area contributed by atoms with Crippen molar-refractivity contribution in [3.8, 4) is 0 Å². The fourth-order valence-electron chi connectivity index (χ4n) is 2.34. The number of carbonyl (C=O) groups excluding carboxylic acids is 1. The van der Waals surface area contributed by atoms with E-state index in [0.29, 0.717) is 0 Å². The molecular formula is C12H25N3O. The molecule has 1 fully saturated rings. The van der Waals surface area contributed by atoms with Crippen LogP contribution in [0.25, 0.3) is 0 Å². The van der Waals surface area contributed by atoms with Crippen LogP contribution in [-0.2, 0) is 4.79 Å². The number of amides is 1. The summed E-state index contributed by atoms with van der Waals surface area (Å²) in [6, 6.07) is 0. The number of hydrogen-bond donors (Lipinski definition) is 2. The van der Waals surface area contributed by atoms with E-state index in [2.05, 4.69) is 15.5 Å². The summed E-state index contributed by atoms with van der Waals surface area (Å²) in [5.74, 6) is 0.186. The summed E-state index contributed by atoms with van der Waals surface area (Å²) in [6.07, 6.45) is 5.28. The highest BCUT2D eigenvalue weighted by Gasteiger charge is 2.39. The Morgan fingerprint density at radius 2 is 1.94 bits per heavy atom. The first-order valence-corrected chi connectivity index (χ1v) is 6.23. The van der Waals surface area contributed by atoms with E-state index in [1.165, 1.54) is 0 Å². The molecule has 1 aliphatic carbocycles. The highest BCUT2D eigenvalue weighted by atomic mass is 16.2. The molecule has 16 heavy (non-hydrogen) atoms. The summed E-state index contributed by atoms with van der Waals surface area (Å²) < 4.78 is 0. The smallest absolute Gasteiger partial charge is 0.240 e. The summed E-state index contributed by atoms with van der Waals surface area (Å²) >= 11 is 0. The molecule has 94 valence electrons. The maximum Gasteiger partial charge on any atom is 0.240 e. The van der Waals surface area contributed by atoms with Crippen LogP contribution in [0, 0.1) is 0 Å². The molecule has 0 aromatic carbocycles. The van der Waals surface area contributed by atoms with Crippen molar-refractivity contribution in [1.29, 1.82) is 0 Å². The summed E-state index contributed by atoms with van der Waals surface area (Å²) in [4.78, 5) is 14.2. The lowest BCUT2D eigenvalue weighted by atomic mass is 9.97. The molecule has 0 unspecified atom stereocenters. The fraction of sp³-hybridized carbons (Fsp3) is 0.917. The Morgan fingerprint density at radius 1 is 1.31 bits per heavy atom. The number of likely N-dealkylation sites (N-methyl/N-ethyl adjacent to an activating group) is 1. The van der Waals surface area contributed by atoms with Crippen molar-refractivity contribution in [3.05, 3.63) is 0 Å². The highest BCUT2D eigenvalue weighted by molar-refractivity contribution is 5.86. The Morgan fingerprint density at radius 3 is 2.44 bits per heavy atom. The van der Waals surface area contributed by atoms with Gasteiger partial charge in [0.15, 0.2) is 0 Å². The number of hydrogen-bond acceptors (Lipinski definition) is 3. The van der Waals surface area contributed by atoms with Gasteiger partial charge in [-0.05, 0) is 47.0 Å². The van der Waals surface area contributed by atoms with Crippen molar-refractivity contribution in [3.63, 3.8) is 0 Å². The zero-order valence-electron chi connectivity index (χ0n) is 10.8. The zero-order valence-corrected chi connectivity index (χ0v) is 10.8. The van der Waals surface area contributed by atoms with E-state index in [0.717, 1.165) is 45.2 Å². The molecule has 0 aromatic rings. The Kier molecular flexibility index (Phi) is 5.22. The van der Waals surface area contributed by atoms with Gasteiger partial charge in [0.25, 0.3) is 0 Å². The first kappa shape index (κ1) is 13.5. The normalized spacial score (nSPS) is 19.0. The van der Waals surface area contributed by atoms with Crippen LogP contribution in [0.5, 0.6) is 0 Å². The fourth-order valence-corrected chi connectivity index (χ4v) is 2.34. The molecule has 1 rings (SSSR count). The molecular weight excluding hydrogens is 202 g/mol. The van der Waals surface area contributed by atoms with Crippen molar-refractivity contribution in [2.24, 2.45) is 0 Å². The van der Waals surface area contributed by atoms with Crippen LogP contribution in [0.2, 0.25) is 0 Å². The largest absolute Gasteiger partial charge is 0.354 e. The minimum absolute atomic E-state index is 0.186. The van der Waals surface area contributed by atoms with E-state index < -0.39 is 0 Å². The van der Waals surface area contributed by atoms with Gasteiger partial charge in [-0.1, -0.05) is 12.8 Å². The van der Waals surface area contributed by atoms with E-state index in [4.69, 9.17) is 0 Å². The van der Waals surface area contributed by atoms with Crippen LogP contribution in [0.15, 0.2) is 0 Å². The monoisotopic (exact) mass is 227 g/mol. The van der Waals surface area contributed by atoms with Crippen molar-refractivity contribution in [2.45, 2.75) is 37.6 Å². The molecule has 4 nitrogen and oxygen atoms in total. The average Bonchev–Trinajstić information content (AvgIpc) is 2.73. The van der Waals surface area contributed by atoms with E-state index >= 15 is 0 Å². The van der Waals surface area contributed by atoms with Crippen LogP contribution in [0.3, 0.4) is 0 Å². The quantitative estimate of drug-likeness (QED) is 0.653. The first-order chi connectivity index (χ1) is 7.60. The molecule has 0 atom stereocenters. The lowest BCUT2D eigenvalue weighted by molar-refractivity contribution is -0.127. The predicted molar refractivity (Wildman–Crippen MR) is 66.4 cm³/mol. The second kappa shape index (κ2) is 6.21. The Bertz CT molecular complexity index is 222. The average molecular weight is 227 g/mol. The Hall–Kier alpha value is -0.610. The lowest BCUT2D eigenvalue weighted by Gasteiger charge is -2.27. The number of rotatable bonds is 6. The molecule has 0 saturated heterocycles. The van der Waals surface area contributed by atoms with Crippen molar-refractivity contribution in [1.82, 2.24) is 15.5 Å². The van der Waals surface area contributed by atoms with Crippen LogP contribution >= 0.6 is 0 Å². The van der Waals surface area contributed by atoms with Gasteiger partial charge in [-0.25, -0.2) is 0 Å². The predicted octanol–water partition coefficient (Wildman–Crippen LogP) is 0.587. The molecule has 0 bridgehead atoms. The van der Waals surface area contributed by atoms with E-state index in [1.807, 2.05) is 21.1 Å². The van der Waals surface area contributed by atoms with E-state index in [9.17, 15) is 4.79 Å². The third-order valence-corrected chi connectivity index (χ3v) is 3.44.